The lowest BCUT2D eigenvalue weighted by atomic mass is 9.99. The number of unbranched alkanes of at least 4 members (excludes halogenated alkanes) is 35. The van der Waals surface area contributed by atoms with Crippen LogP contribution in [0.2, 0.25) is 0 Å². The normalized spacial score (nSPS) is 12.9. The van der Waals surface area contributed by atoms with Crippen LogP contribution in [0.25, 0.3) is 0 Å². The zero-order valence-corrected chi connectivity index (χ0v) is 43.9. The van der Waals surface area contributed by atoms with Gasteiger partial charge in [0.15, 0.2) is 6.10 Å². The topological polar surface area (TPSA) is 78.9 Å². The Kier molecular flexibility index (Phi) is 49.6. The molecule has 0 aromatic carbocycles. The molecule has 0 amide bonds. The molecule has 0 aliphatic carbocycles. The van der Waals surface area contributed by atoms with Crippen LogP contribution in [0, 0.1) is 11.8 Å². The first-order chi connectivity index (χ1) is 31.3. The van der Waals surface area contributed by atoms with Crippen LogP contribution in [0.1, 0.15) is 324 Å². The summed E-state index contributed by atoms with van der Waals surface area (Å²) in [5.41, 5.74) is 0. The molecule has 64 heavy (non-hydrogen) atoms. The van der Waals surface area contributed by atoms with Crippen LogP contribution in [0.4, 0.5) is 0 Å². The second kappa shape index (κ2) is 50.8. The summed E-state index contributed by atoms with van der Waals surface area (Å²) < 4.78 is 16.9. The van der Waals surface area contributed by atoms with Gasteiger partial charge in [-0.15, -0.1) is 0 Å². The van der Waals surface area contributed by atoms with Gasteiger partial charge in [-0.25, -0.2) is 0 Å². The molecule has 0 aromatic heterocycles. The van der Waals surface area contributed by atoms with Crippen LogP contribution in [0.5, 0.6) is 0 Å². The van der Waals surface area contributed by atoms with Crippen molar-refractivity contribution in [2.75, 3.05) is 13.2 Å². The zero-order valence-electron chi connectivity index (χ0n) is 43.9. The summed E-state index contributed by atoms with van der Waals surface area (Å²) in [6, 6.07) is 0. The van der Waals surface area contributed by atoms with Crippen molar-refractivity contribution in [2.24, 2.45) is 11.8 Å². The first kappa shape index (κ1) is 62.4. The Morgan fingerprint density at radius 3 is 0.812 bits per heavy atom. The largest absolute Gasteiger partial charge is 0.462 e. The molecule has 6 heteroatoms. The van der Waals surface area contributed by atoms with Gasteiger partial charge in [0, 0.05) is 19.3 Å². The van der Waals surface area contributed by atoms with E-state index >= 15 is 0 Å². The molecule has 0 bridgehead atoms. The van der Waals surface area contributed by atoms with Gasteiger partial charge >= 0.3 is 17.9 Å². The predicted octanol–water partition coefficient (Wildman–Crippen LogP) is 18.9. The van der Waals surface area contributed by atoms with Crippen LogP contribution in [0.3, 0.4) is 0 Å². The molecule has 0 heterocycles. The van der Waals surface area contributed by atoms with Crippen molar-refractivity contribution >= 4 is 17.9 Å². The van der Waals surface area contributed by atoms with Crippen molar-refractivity contribution < 1.29 is 28.6 Å². The van der Waals surface area contributed by atoms with Gasteiger partial charge < -0.3 is 14.2 Å². The van der Waals surface area contributed by atoms with Gasteiger partial charge in [0.25, 0.3) is 0 Å². The van der Waals surface area contributed by atoms with Crippen LogP contribution in [0.15, 0.2) is 0 Å². The van der Waals surface area contributed by atoms with E-state index < -0.39 is 6.10 Å². The molecule has 0 fully saturated rings. The van der Waals surface area contributed by atoms with Crippen LogP contribution < -0.4 is 0 Å². The predicted molar refractivity (Wildman–Crippen MR) is 275 cm³/mol. The molecule has 0 saturated carbocycles. The zero-order chi connectivity index (χ0) is 46.8. The summed E-state index contributed by atoms with van der Waals surface area (Å²) in [4.78, 5) is 38.0. The quantitative estimate of drug-likeness (QED) is 0.0344. The summed E-state index contributed by atoms with van der Waals surface area (Å²) in [5.74, 6) is 0.912. The van der Waals surface area contributed by atoms with E-state index in [4.69, 9.17) is 14.2 Å². The monoisotopic (exact) mass is 905 g/mol. The summed E-state index contributed by atoms with van der Waals surface area (Å²) in [6.07, 6.45) is 53.7. The number of esters is 3. The highest BCUT2D eigenvalue weighted by atomic mass is 16.6. The summed E-state index contributed by atoms with van der Waals surface area (Å²) in [5, 5.41) is 0. The number of ether oxygens (including phenoxy) is 3. The van der Waals surface area contributed by atoms with Gasteiger partial charge in [0.05, 0.1) is 0 Å². The van der Waals surface area contributed by atoms with Crippen molar-refractivity contribution in [2.45, 2.75) is 330 Å². The van der Waals surface area contributed by atoms with E-state index in [1.165, 1.54) is 212 Å². The SMILES string of the molecule is CCCCCCCCCCCCCCC(=O)OC[C@@H](COC(=O)CCCCCCCCCCCCCCCCCCCCC(C)CC)OC(=O)CCCCCCCCCCC(C)CC. The van der Waals surface area contributed by atoms with Crippen molar-refractivity contribution in [3.8, 4) is 0 Å². The molecule has 0 rings (SSSR count). The second-order valence-electron chi connectivity index (χ2n) is 20.4. The second-order valence-corrected chi connectivity index (χ2v) is 20.4. The average Bonchev–Trinajstić information content (AvgIpc) is 3.29. The Hall–Kier alpha value is -1.59. The molecule has 0 saturated heterocycles. The van der Waals surface area contributed by atoms with Crippen molar-refractivity contribution in [1.29, 1.82) is 0 Å². The maximum absolute atomic E-state index is 12.8. The molecule has 3 atom stereocenters. The number of carbonyl (C=O) groups is 3. The van der Waals surface area contributed by atoms with Gasteiger partial charge in [0.2, 0.25) is 0 Å². The van der Waals surface area contributed by atoms with Crippen LogP contribution in [-0.2, 0) is 28.6 Å². The molecule has 380 valence electrons. The van der Waals surface area contributed by atoms with Gasteiger partial charge in [0.1, 0.15) is 13.2 Å². The molecule has 0 N–H and O–H groups in total. The van der Waals surface area contributed by atoms with E-state index in [2.05, 4.69) is 34.6 Å². The molecule has 0 aromatic rings. The van der Waals surface area contributed by atoms with E-state index in [1.807, 2.05) is 0 Å². The van der Waals surface area contributed by atoms with Crippen LogP contribution in [-0.4, -0.2) is 37.2 Å². The highest BCUT2D eigenvalue weighted by Gasteiger charge is 2.19. The smallest absolute Gasteiger partial charge is 0.306 e. The molecule has 0 aliphatic rings. The average molecular weight is 906 g/mol. The van der Waals surface area contributed by atoms with Gasteiger partial charge in [-0.05, 0) is 31.1 Å². The Morgan fingerprint density at radius 1 is 0.312 bits per heavy atom. The van der Waals surface area contributed by atoms with Crippen molar-refractivity contribution in [3.63, 3.8) is 0 Å². The van der Waals surface area contributed by atoms with E-state index in [9.17, 15) is 14.4 Å². The van der Waals surface area contributed by atoms with E-state index in [1.54, 1.807) is 0 Å². The third-order valence-corrected chi connectivity index (χ3v) is 13.9. The molecule has 2 unspecified atom stereocenters. The minimum Gasteiger partial charge on any atom is -0.462 e. The Morgan fingerprint density at radius 2 is 0.547 bits per heavy atom. The fraction of sp³-hybridized carbons (Fsp3) is 0.948. The Balaban J connectivity index is 4.20. The molecule has 6 nitrogen and oxygen atoms in total. The summed E-state index contributed by atoms with van der Waals surface area (Å²) in [7, 11) is 0. The van der Waals surface area contributed by atoms with E-state index in [0.29, 0.717) is 19.3 Å². The van der Waals surface area contributed by atoms with Crippen molar-refractivity contribution in [1.82, 2.24) is 0 Å². The molecule has 0 aliphatic heterocycles. The van der Waals surface area contributed by atoms with Crippen molar-refractivity contribution in [3.05, 3.63) is 0 Å². The third kappa shape index (κ3) is 48.3. The summed E-state index contributed by atoms with van der Waals surface area (Å²) in [6.45, 7) is 11.4. The van der Waals surface area contributed by atoms with Gasteiger partial charge in [-0.3, -0.25) is 14.4 Å². The van der Waals surface area contributed by atoms with Crippen LogP contribution >= 0.6 is 0 Å². The highest BCUT2D eigenvalue weighted by Crippen LogP contribution is 2.19. The van der Waals surface area contributed by atoms with E-state index in [0.717, 1.165) is 69.6 Å². The van der Waals surface area contributed by atoms with E-state index in [-0.39, 0.29) is 31.1 Å². The Labute approximate surface area is 399 Å². The first-order valence-corrected chi connectivity index (χ1v) is 28.8. The molecule has 0 spiro atoms. The summed E-state index contributed by atoms with van der Waals surface area (Å²) >= 11 is 0. The third-order valence-electron chi connectivity index (χ3n) is 13.9. The highest BCUT2D eigenvalue weighted by molar-refractivity contribution is 5.71. The maximum atomic E-state index is 12.8. The lowest BCUT2D eigenvalue weighted by Crippen LogP contribution is -2.30. The fourth-order valence-electron chi connectivity index (χ4n) is 8.81. The fourth-order valence-corrected chi connectivity index (χ4v) is 8.81. The molecular weight excluding hydrogens is 793 g/mol. The van der Waals surface area contributed by atoms with Gasteiger partial charge in [-0.1, -0.05) is 285 Å². The number of rotatable bonds is 52. The molecular formula is C58H112O6. The number of hydrogen-bond acceptors (Lipinski definition) is 6. The van der Waals surface area contributed by atoms with Gasteiger partial charge in [-0.2, -0.15) is 0 Å². The minimum atomic E-state index is -0.762. The first-order valence-electron chi connectivity index (χ1n) is 28.8. The Bertz CT molecular complexity index is 982. The maximum Gasteiger partial charge on any atom is 0.306 e. The lowest BCUT2D eigenvalue weighted by molar-refractivity contribution is -0.167. The molecule has 0 radical (unpaired) electrons. The standard InChI is InChI=1S/C58H112O6/c1-6-9-10-11-12-13-14-24-27-33-38-43-48-56(59)62-51-55(64-58(61)50-45-40-35-30-29-32-37-42-47-54(5)8-3)52-63-57(60)49-44-39-34-28-25-22-20-18-16-15-17-19-21-23-26-31-36-41-46-53(4)7-2/h53-55H,6-52H2,1-5H3/t53?,54?,55-/m0/s1. The lowest BCUT2D eigenvalue weighted by Gasteiger charge is -2.18. The minimum absolute atomic E-state index is 0.0633. The number of hydrogen-bond donors (Lipinski definition) is 0. The number of carbonyl (C=O) groups excluding carboxylic acids is 3.